The highest BCUT2D eigenvalue weighted by Crippen LogP contribution is 2.29. The molecule has 1 heterocycles. The number of halogens is 1. The topological polar surface area (TPSA) is 38.7 Å². The van der Waals surface area contributed by atoms with Crippen LogP contribution in [0, 0.1) is 27.7 Å². The molecule has 0 saturated carbocycles. The molecule has 4 aromatic carbocycles. The Morgan fingerprint density at radius 3 is 1.11 bits per heavy atom. The third-order valence-electron chi connectivity index (χ3n) is 5.92. The lowest BCUT2D eigenvalue weighted by molar-refractivity contribution is 1.07. The van der Waals surface area contributed by atoms with E-state index in [9.17, 15) is 0 Å². The van der Waals surface area contributed by atoms with Crippen molar-refractivity contribution >= 4 is 15.9 Å². The average Bonchev–Trinajstić information content (AvgIpc) is 2.83. The fourth-order valence-corrected chi connectivity index (χ4v) is 4.69. The molecule has 5 rings (SSSR count). The first-order chi connectivity index (χ1) is 16.8. The van der Waals surface area contributed by atoms with Crippen molar-refractivity contribution in [1.82, 2.24) is 15.0 Å². The molecule has 0 bridgehead atoms. The minimum atomic E-state index is 0.672. The summed E-state index contributed by atoms with van der Waals surface area (Å²) >= 11 is 3.51. The van der Waals surface area contributed by atoms with Gasteiger partial charge in [0.1, 0.15) is 0 Å². The van der Waals surface area contributed by atoms with E-state index in [1.807, 2.05) is 0 Å². The predicted octanol–water partition coefficient (Wildman–Crippen LogP) is 8.54. The van der Waals surface area contributed by atoms with Crippen LogP contribution in [-0.2, 0) is 0 Å². The summed E-state index contributed by atoms with van der Waals surface area (Å²) in [5.74, 6) is 2.05. The lowest BCUT2D eigenvalue weighted by Crippen LogP contribution is -2.01. The third-order valence-corrected chi connectivity index (χ3v) is 6.44. The quantitative estimate of drug-likeness (QED) is 0.238. The van der Waals surface area contributed by atoms with Gasteiger partial charge in [0.25, 0.3) is 0 Å². The molecule has 5 aromatic rings. The Kier molecular flexibility index (Phi) is 6.31. The number of benzene rings is 4. The zero-order chi connectivity index (χ0) is 24.5. The monoisotopic (exact) mass is 519 g/mol. The second-order valence-corrected chi connectivity index (χ2v) is 10.1. The smallest absolute Gasteiger partial charge is 0.164 e. The Morgan fingerprint density at radius 2 is 0.714 bits per heavy atom. The van der Waals surface area contributed by atoms with Crippen LogP contribution in [0.4, 0.5) is 0 Å². The molecule has 172 valence electrons. The highest BCUT2D eigenvalue weighted by molar-refractivity contribution is 9.10. The number of aryl methyl sites for hydroxylation is 4. The minimum absolute atomic E-state index is 0.672. The first kappa shape index (κ1) is 23.1. The summed E-state index contributed by atoms with van der Waals surface area (Å²) in [6.45, 7) is 8.41. The van der Waals surface area contributed by atoms with Gasteiger partial charge < -0.3 is 0 Å². The van der Waals surface area contributed by atoms with Gasteiger partial charge in [0.05, 0.1) is 0 Å². The lowest BCUT2D eigenvalue weighted by atomic mass is 10.0. The maximum atomic E-state index is 4.91. The Balaban J connectivity index is 1.64. The van der Waals surface area contributed by atoms with Crippen LogP contribution in [0.25, 0.3) is 45.3 Å². The summed E-state index contributed by atoms with van der Waals surface area (Å²) < 4.78 is 1.07. The largest absolute Gasteiger partial charge is 0.208 e. The molecule has 4 heteroatoms. The molecule has 0 aliphatic carbocycles. The third kappa shape index (κ3) is 5.23. The van der Waals surface area contributed by atoms with Crippen molar-refractivity contribution in [3.05, 3.63) is 112 Å². The van der Waals surface area contributed by atoms with E-state index < -0.39 is 0 Å². The summed E-state index contributed by atoms with van der Waals surface area (Å²) in [4.78, 5) is 14.7. The van der Waals surface area contributed by atoms with E-state index in [1.165, 1.54) is 27.8 Å². The maximum Gasteiger partial charge on any atom is 0.164 e. The molecule has 0 spiro atoms. The zero-order valence-electron chi connectivity index (χ0n) is 20.3. The van der Waals surface area contributed by atoms with Crippen LogP contribution in [0.15, 0.2) is 89.4 Å². The molecule has 0 aliphatic rings. The van der Waals surface area contributed by atoms with E-state index in [1.54, 1.807) is 0 Å². The van der Waals surface area contributed by atoms with Crippen molar-refractivity contribution in [3.63, 3.8) is 0 Å². The van der Waals surface area contributed by atoms with Crippen LogP contribution in [0.3, 0.4) is 0 Å². The molecule has 0 atom stereocenters. The molecule has 3 nitrogen and oxygen atoms in total. The van der Waals surface area contributed by atoms with Gasteiger partial charge in [-0.15, -0.1) is 0 Å². The second kappa shape index (κ2) is 9.55. The van der Waals surface area contributed by atoms with Crippen molar-refractivity contribution in [3.8, 4) is 45.3 Å². The van der Waals surface area contributed by atoms with Gasteiger partial charge in [-0.2, -0.15) is 0 Å². The standard InChI is InChI=1S/C31H26BrN3/c1-19-13-20(2)16-26(15-19)30-33-29(34-31(35-30)27-17-21(3)14-22(4)18-27)25-7-5-23(6-8-25)24-9-11-28(32)12-10-24/h5-18H,1-4H3. The average molecular weight is 520 g/mol. The van der Waals surface area contributed by atoms with Crippen LogP contribution >= 0.6 is 15.9 Å². The maximum absolute atomic E-state index is 4.91. The second-order valence-electron chi connectivity index (χ2n) is 9.14. The van der Waals surface area contributed by atoms with Gasteiger partial charge in [-0.3, -0.25) is 0 Å². The Morgan fingerprint density at radius 1 is 0.400 bits per heavy atom. The van der Waals surface area contributed by atoms with Gasteiger partial charge in [0, 0.05) is 21.2 Å². The van der Waals surface area contributed by atoms with Gasteiger partial charge in [-0.25, -0.2) is 15.0 Å². The summed E-state index contributed by atoms with van der Waals surface area (Å²) in [5, 5.41) is 0. The van der Waals surface area contributed by atoms with E-state index in [0.717, 1.165) is 26.7 Å². The molecule has 1 aromatic heterocycles. The van der Waals surface area contributed by atoms with Crippen LogP contribution < -0.4 is 0 Å². The highest BCUT2D eigenvalue weighted by Gasteiger charge is 2.14. The number of hydrogen-bond acceptors (Lipinski definition) is 3. The van der Waals surface area contributed by atoms with Gasteiger partial charge in [0.15, 0.2) is 17.5 Å². The highest BCUT2D eigenvalue weighted by atomic mass is 79.9. The van der Waals surface area contributed by atoms with Crippen LogP contribution in [0.1, 0.15) is 22.3 Å². The Labute approximate surface area is 215 Å². The molecule has 0 unspecified atom stereocenters. The molecule has 0 saturated heterocycles. The van der Waals surface area contributed by atoms with Crippen molar-refractivity contribution in [2.24, 2.45) is 0 Å². The normalized spacial score (nSPS) is 11.0. The molecule has 0 radical (unpaired) electrons. The fourth-order valence-electron chi connectivity index (χ4n) is 4.42. The molecule has 0 N–H and O–H groups in total. The molecule has 0 amide bonds. The number of hydrogen-bond donors (Lipinski definition) is 0. The van der Waals surface area contributed by atoms with E-state index in [4.69, 9.17) is 15.0 Å². The van der Waals surface area contributed by atoms with Gasteiger partial charge in [0.2, 0.25) is 0 Å². The molecular weight excluding hydrogens is 494 g/mol. The van der Waals surface area contributed by atoms with Crippen LogP contribution in [0.2, 0.25) is 0 Å². The predicted molar refractivity (Wildman–Crippen MR) is 148 cm³/mol. The van der Waals surface area contributed by atoms with E-state index in [0.29, 0.717) is 17.5 Å². The van der Waals surface area contributed by atoms with Crippen LogP contribution in [0.5, 0.6) is 0 Å². The first-order valence-electron chi connectivity index (χ1n) is 11.6. The van der Waals surface area contributed by atoms with Gasteiger partial charge in [-0.1, -0.05) is 86.7 Å². The molecule has 0 fully saturated rings. The van der Waals surface area contributed by atoms with E-state index in [2.05, 4.69) is 129 Å². The number of rotatable bonds is 4. The molecule has 0 aliphatic heterocycles. The lowest BCUT2D eigenvalue weighted by Gasteiger charge is -2.11. The minimum Gasteiger partial charge on any atom is -0.208 e. The Bertz CT molecular complexity index is 1410. The zero-order valence-corrected chi connectivity index (χ0v) is 21.9. The van der Waals surface area contributed by atoms with E-state index in [-0.39, 0.29) is 0 Å². The summed E-state index contributed by atoms with van der Waals surface area (Å²) in [5.41, 5.74) is 10.0. The van der Waals surface area contributed by atoms with Crippen molar-refractivity contribution in [2.75, 3.05) is 0 Å². The van der Waals surface area contributed by atoms with Crippen molar-refractivity contribution in [2.45, 2.75) is 27.7 Å². The SMILES string of the molecule is Cc1cc(C)cc(-c2nc(-c3ccc(-c4ccc(Br)cc4)cc3)nc(-c3cc(C)cc(C)c3)n2)c1. The van der Waals surface area contributed by atoms with Crippen molar-refractivity contribution in [1.29, 1.82) is 0 Å². The number of aromatic nitrogens is 3. The van der Waals surface area contributed by atoms with E-state index >= 15 is 0 Å². The fraction of sp³-hybridized carbons (Fsp3) is 0.129. The Hall–Kier alpha value is -3.63. The first-order valence-corrected chi connectivity index (χ1v) is 12.4. The summed E-state index contributed by atoms with van der Waals surface area (Å²) in [6, 6.07) is 29.6. The number of nitrogens with zero attached hydrogens (tertiary/aromatic N) is 3. The van der Waals surface area contributed by atoms with Crippen LogP contribution in [-0.4, -0.2) is 15.0 Å². The molecule has 35 heavy (non-hydrogen) atoms. The van der Waals surface area contributed by atoms with Crippen molar-refractivity contribution < 1.29 is 0 Å². The summed E-state index contributed by atoms with van der Waals surface area (Å²) in [7, 11) is 0. The van der Waals surface area contributed by atoms with Gasteiger partial charge >= 0.3 is 0 Å². The van der Waals surface area contributed by atoms with Gasteiger partial charge in [-0.05, 0) is 75.2 Å². The molecular formula is C31H26BrN3. The summed E-state index contributed by atoms with van der Waals surface area (Å²) in [6.07, 6.45) is 0.